The van der Waals surface area contributed by atoms with Crippen molar-refractivity contribution >= 4 is 17.8 Å². The highest BCUT2D eigenvalue weighted by Gasteiger charge is 2.00. The lowest BCUT2D eigenvalue weighted by Gasteiger charge is -2.11. The summed E-state index contributed by atoms with van der Waals surface area (Å²) in [4.78, 5) is 22.4. The Hall–Kier alpha value is -3.67. The second kappa shape index (κ2) is 10.0. The molecule has 29 heavy (non-hydrogen) atoms. The van der Waals surface area contributed by atoms with E-state index in [0.717, 1.165) is 28.3 Å². The summed E-state index contributed by atoms with van der Waals surface area (Å²) in [7, 11) is 3.88. The van der Waals surface area contributed by atoms with E-state index < -0.39 is 0 Å². The zero-order valence-electron chi connectivity index (χ0n) is 16.6. The number of benzene rings is 1. The molecular weight excluding hydrogens is 364 g/mol. The first-order chi connectivity index (χ1) is 14.1. The maximum Gasteiger partial charge on any atom is 0.244 e. The van der Waals surface area contributed by atoms with Crippen LogP contribution in [0.5, 0.6) is 5.75 Å². The lowest BCUT2D eigenvalue weighted by Crippen LogP contribution is -2.20. The zero-order chi connectivity index (χ0) is 20.5. The quantitative estimate of drug-likeness (QED) is 0.599. The first-order valence-electron chi connectivity index (χ1n) is 9.30. The lowest BCUT2D eigenvalue weighted by atomic mass is 10.2. The zero-order valence-corrected chi connectivity index (χ0v) is 16.6. The summed E-state index contributed by atoms with van der Waals surface area (Å²) >= 11 is 0. The van der Waals surface area contributed by atoms with Crippen molar-refractivity contribution in [3.63, 3.8) is 0 Å². The van der Waals surface area contributed by atoms with Crippen LogP contribution in [0, 0.1) is 0 Å². The van der Waals surface area contributed by atoms with Gasteiger partial charge in [0.25, 0.3) is 0 Å². The van der Waals surface area contributed by atoms with E-state index in [2.05, 4.69) is 15.3 Å². The molecule has 1 aromatic carbocycles. The molecule has 0 bridgehead atoms. The number of rotatable bonds is 8. The smallest absolute Gasteiger partial charge is 0.244 e. The number of amides is 1. The highest BCUT2D eigenvalue weighted by Crippen LogP contribution is 2.15. The van der Waals surface area contributed by atoms with Gasteiger partial charge in [-0.15, -0.1) is 0 Å². The number of ether oxygens (including phenoxy) is 1. The highest BCUT2D eigenvalue weighted by atomic mass is 16.5. The maximum absolute atomic E-state index is 12.0. The maximum atomic E-state index is 12.0. The Bertz CT molecular complexity index is 937. The van der Waals surface area contributed by atoms with Crippen LogP contribution >= 0.6 is 0 Å². The minimum absolute atomic E-state index is 0.154. The van der Waals surface area contributed by atoms with Crippen LogP contribution in [0.2, 0.25) is 0 Å². The number of aromatic nitrogens is 2. The molecule has 0 spiro atoms. The second-order valence-corrected chi connectivity index (χ2v) is 6.69. The molecule has 2 heterocycles. The Morgan fingerprint density at radius 1 is 1.07 bits per heavy atom. The Labute approximate surface area is 170 Å². The van der Waals surface area contributed by atoms with Gasteiger partial charge in [0.2, 0.25) is 5.91 Å². The molecule has 0 unspecified atom stereocenters. The Morgan fingerprint density at radius 2 is 1.90 bits per heavy atom. The molecule has 0 aliphatic carbocycles. The fraction of sp³-hybridized carbons (Fsp3) is 0.174. The fourth-order valence-electron chi connectivity index (χ4n) is 2.53. The average molecular weight is 388 g/mol. The number of carbonyl (C=O) groups is 1. The van der Waals surface area contributed by atoms with Crippen LogP contribution in [0.25, 0.3) is 6.08 Å². The molecule has 3 aromatic rings. The first kappa shape index (κ1) is 20.1. The van der Waals surface area contributed by atoms with Crippen molar-refractivity contribution in [2.24, 2.45) is 0 Å². The molecule has 0 fully saturated rings. The Balaban J connectivity index is 1.45. The third-order valence-corrected chi connectivity index (χ3v) is 4.17. The summed E-state index contributed by atoms with van der Waals surface area (Å²) in [5, 5.41) is 2.86. The molecule has 0 saturated carbocycles. The van der Waals surface area contributed by atoms with E-state index in [1.54, 1.807) is 24.7 Å². The van der Waals surface area contributed by atoms with E-state index >= 15 is 0 Å². The topological polar surface area (TPSA) is 67.4 Å². The van der Waals surface area contributed by atoms with E-state index in [1.165, 1.54) is 6.08 Å². The lowest BCUT2D eigenvalue weighted by molar-refractivity contribution is -0.116. The minimum atomic E-state index is -0.154. The SMILES string of the molecule is CN(C)c1ccc(CNC(=O)/C=C/c2ccc(OCc3cccnc3)cc2)cn1. The van der Waals surface area contributed by atoms with Gasteiger partial charge in [0, 0.05) is 50.9 Å². The fourth-order valence-corrected chi connectivity index (χ4v) is 2.53. The predicted molar refractivity (Wildman–Crippen MR) is 114 cm³/mol. The molecule has 0 aliphatic rings. The monoisotopic (exact) mass is 388 g/mol. The molecule has 3 rings (SSSR count). The molecule has 0 atom stereocenters. The predicted octanol–water partition coefficient (Wildman–Crippen LogP) is 3.45. The Kier molecular flexibility index (Phi) is 6.95. The van der Waals surface area contributed by atoms with Gasteiger partial charge in [-0.2, -0.15) is 0 Å². The number of anilines is 1. The normalized spacial score (nSPS) is 10.7. The second-order valence-electron chi connectivity index (χ2n) is 6.69. The van der Waals surface area contributed by atoms with Gasteiger partial charge in [-0.05, 0) is 41.5 Å². The highest BCUT2D eigenvalue weighted by molar-refractivity contribution is 5.91. The minimum Gasteiger partial charge on any atom is -0.489 e. The molecule has 148 valence electrons. The van der Waals surface area contributed by atoms with Crippen LogP contribution in [0.15, 0.2) is 73.2 Å². The van der Waals surface area contributed by atoms with Crippen LogP contribution in [0.1, 0.15) is 16.7 Å². The average Bonchev–Trinajstić information content (AvgIpc) is 2.76. The summed E-state index contributed by atoms with van der Waals surface area (Å²) in [5.41, 5.74) is 2.89. The van der Waals surface area contributed by atoms with Crippen LogP contribution in [0.4, 0.5) is 5.82 Å². The van der Waals surface area contributed by atoms with Crippen molar-refractivity contribution < 1.29 is 9.53 Å². The summed E-state index contributed by atoms with van der Waals surface area (Å²) in [5.74, 6) is 1.50. The summed E-state index contributed by atoms with van der Waals surface area (Å²) in [6.07, 6.45) is 8.57. The Morgan fingerprint density at radius 3 is 2.55 bits per heavy atom. The van der Waals surface area contributed by atoms with Crippen molar-refractivity contribution in [2.45, 2.75) is 13.2 Å². The molecule has 0 radical (unpaired) electrons. The van der Waals surface area contributed by atoms with Crippen molar-refractivity contribution in [1.29, 1.82) is 0 Å². The number of nitrogens with zero attached hydrogens (tertiary/aromatic N) is 3. The van der Waals surface area contributed by atoms with Crippen LogP contribution in [-0.4, -0.2) is 30.0 Å². The van der Waals surface area contributed by atoms with Crippen LogP contribution in [0.3, 0.4) is 0 Å². The van der Waals surface area contributed by atoms with Crippen molar-refractivity contribution in [3.8, 4) is 5.75 Å². The molecular formula is C23H24N4O2. The summed E-state index contributed by atoms with van der Waals surface area (Å²) in [6, 6.07) is 15.3. The van der Waals surface area contributed by atoms with Crippen molar-refractivity contribution in [1.82, 2.24) is 15.3 Å². The van der Waals surface area contributed by atoms with Gasteiger partial charge < -0.3 is 15.0 Å². The molecule has 1 amide bonds. The number of carbonyl (C=O) groups excluding carboxylic acids is 1. The van der Waals surface area contributed by atoms with E-state index in [9.17, 15) is 4.79 Å². The van der Waals surface area contributed by atoms with Gasteiger partial charge in [0.1, 0.15) is 18.2 Å². The largest absolute Gasteiger partial charge is 0.489 e. The van der Waals surface area contributed by atoms with Gasteiger partial charge >= 0.3 is 0 Å². The van der Waals surface area contributed by atoms with Crippen molar-refractivity contribution in [2.75, 3.05) is 19.0 Å². The standard InChI is InChI=1S/C23H24N4O2/c1-27(2)22-11-7-19(15-25-22)16-26-23(28)12-8-18-5-9-21(10-6-18)29-17-20-4-3-13-24-14-20/h3-15H,16-17H2,1-2H3,(H,26,28)/b12-8+. The number of pyridine rings is 2. The number of nitrogens with one attached hydrogen (secondary N) is 1. The molecule has 0 saturated heterocycles. The number of hydrogen-bond donors (Lipinski definition) is 1. The third-order valence-electron chi connectivity index (χ3n) is 4.17. The summed E-state index contributed by atoms with van der Waals surface area (Å²) in [6.45, 7) is 0.904. The third kappa shape index (κ3) is 6.46. The van der Waals surface area contributed by atoms with Gasteiger partial charge in [0.05, 0.1) is 0 Å². The molecule has 2 aromatic heterocycles. The van der Waals surface area contributed by atoms with Crippen molar-refractivity contribution in [3.05, 3.63) is 89.9 Å². The molecule has 1 N–H and O–H groups in total. The van der Waals surface area contributed by atoms with Gasteiger partial charge in [-0.3, -0.25) is 9.78 Å². The summed E-state index contributed by atoms with van der Waals surface area (Å²) < 4.78 is 5.73. The first-order valence-corrected chi connectivity index (χ1v) is 9.30. The van der Waals surface area contributed by atoms with Gasteiger partial charge in [-0.25, -0.2) is 4.98 Å². The van der Waals surface area contributed by atoms with Crippen LogP contribution < -0.4 is 15.0 Å². The van der Waals surface area contributed by atoms with Gasteiger partial charge in [0.15, 0.2) is 0 Å². The molecule has 6 nitrogen and oxygen atoms in total. The number of hydrogen-bond acceptors (Lipinski definition) is 5. The van der Waals surface area contributed by atoms with Gasteiger partial charge in [-0.1, -0.05) is 24.3 Å². The van der Waals surface area contributed by atoms with E-state index in [0.29, 0.717) is 13.2 Å². The van der Waals surface area contributed by atoms with E-state index in [1.807, 2.05) is 67.5 Å². The van der Waals surface area contributed by atoms with E-state index in [-0.39, 0.29) is 5.91 Å². The van der Waals surface area contributed by atoms with Crippen LogP contribution in [-0.2, 0) is 17.9 Å². The van der Waals surface area contributed by atoms with E-state index in [4.69, 9.17) is 4.74 Å². The molecule has 6 heteroatoms. The molecule has 0 aliphatic heterocycles.